The molecule has 0 bridgehead atoms. The molecule has 0 spiro atoms. The number of hydrogen-bond acceptors (Lipinski definition) is 5. The largest absolute Gasteiger partial charge is 0.368 e. The Hall–Kier alpha value is -0.910. The fraction of sp³-hybridized carbons (Fsp3) is 0.750. The van der Waals surface area contributed by atoms with E-state index in [1.165, 1.54) is 0 Å². The number of nitrogens with two attached hydrogens (primary N) is 1. The van der Waals surface area contributed by atoms with Gasteiger partial charge >= 0.3 is 0 Å². The van der Waals surface area contributed by atoms with E-state index in [1.807, 2.05) is 18.8 Å². The molecule has 0 radical (unpaired) electrons. The molecule has 0 fully saturated rings. The zero-order valence-corrected chi connectivity index (χ0v) is 9.64. The van der Waals surface area contributed by atoms with E-state index in [0.29, 0.717) is 17.9 Å². The molecule has 0 aliphatic carbocycles. The van der Waals surface area contributed by atoms with Crippen molar-refractivity contribution in [3.8, 4) is 0 Å². The highest BCUT2D eigenvalue weighted by molar-refractivity contribution is 7.98. The molecule has 3 N–H and O–H groups in total. The van der Waals surface area contributed by atoms with Gasteiger partial charge in [-0.1, -0.05) is 6.92 Å². The van der Waals surface area contributed by atoms with Crippen LogP contribution >= 0.6 is 11.8 Å². The number of aromatic amines is 1. The van der Waals surface area contributed by atoms with E-state index < -0.39 is 0 Å². The lowest BCUT2D eigenvalue weighted by Gasteiger charge is -2.25. The molecule has 1 aromatic heterocycles. The third-order valence-corrected chi connectivity index (χ3v) is 2.90. The first kappa shape index (κ1) is 11.2. The number of nitrogen functional groups attached to an aromatic ring is 1. The number of rotatable bonds is 5. The lowest BCUT2D eigenvalue weighted by molar-refractivity contribution is 0.658. The van der Waals surface area contributed by atoms with Crippen molar-refractivity contribution in [2.24, 2.45) is 0 Å². The number of nitrogens with one attached hydrogen (secondary N) is 1. The van der Waals surface area contributed by atoms with Gasteiger partial charge in [0.25, 0.3) is 0 Å². The van der Waals surface area contributed by atoms with Gasteiger partial charge in [-0.25, -0.2) is 5.10 Å². The predicted molar refractivity (Wildman–Crippen MR) is 61.7 cm³/mol. The van der Waals surface area contributed by atoms with Crippen LogP contribution in [0.5, 0.6) is 0 Å². The standard InChI is InChI=1S/C8H17N5S/c1-4-6(5-14-3)13(2)8-10-7(9)11-12-8/h6H,4-5H2,1-3H3,(H3,9,10,11,12). The second-order valence-corrected chi connectivity index (χ2v) is 4.06. The Labute approximate surface area is 88.5 Å². The summed E-state index contributed by atoms with van der Waals surface area (Å²) in [5.41, 5.74) is 5.47. The summed E-state index contributed by atoms with van der Waals surface area (Å²) in [6, 6.07) is 0.459. The molecule has 0 amide bonds. The first-order valence-corrected chi connectivity index (χ1v) is 5.98. The van der Waals surface area contributed by atoms with Crippen molar-refractivity contribution in [1.29, 1.82) is 0 Å². The monoisotopic (exact) mass is 215 g/mol. The Balaban J connectivity index is 2.66. The van der Waals surface area contributed by atoms with Crippen LogP contribution in [0.3, 0.4) is 0 Å². The van der Waals surface area contributed by atoms with Crippen molar-refractivity contribution in [2.45, 2.75) is 19.4 Å². The van der Waals surface area contributed by atoms with Crippen LogP contribution in [0.1, 0.15) is 13.3 Å². The second-order valence-electron chi connectivity index (χ2n) is 3.15. The molecule has 14 heavy (non-hydrogen) atoms. The van der Waals surface area contributed by atoms with Crippen LogP contribution in [0.15, 0.2) is 0 Å². The Morgan fingerprint density at radius 3 is 2.79 bits per heavy atom. The maximum Gasteiger partial charge on any atom is 0.246 e. The van der Waals surface area contributed by atoms with Gasteiger partial charge in [0.15, 0.2) is 0 Å². The molecule has 0 saturated carbocycles. The predicted octanol–water partition coefficient (Wildman–Crippen LogP) is 0.965. The summed E-state index contributed by atoms with van der Waals surface area (Å²) in [4.78, 5) is 6.15. The molecule has 1 heterocycles. The van der Waals surface area contributed by atoms with E-state index >= 15 is 0 Å². The molecular weight excluding hydrogens is 198 g/mol. The SMILES string of the molecule is CCC(CSC)N(C)c1n[nH]c(N)n1. The summed E-state index contributed by atoms with van der Waals surface area (Å²) in [5, 5.41) is 6.66. The number of aromatic nitrogens is 3. The molecule has 0 aliphatic heterocycles. The average Bonchev–Trinajstić information content (AvgIpc) is 2.60. The summed E-state index contributed by atoms with van der Waals surface area (Å²) >= 11 is 1.83. The molecule has 6 heteroatoms. The number of nitrogens with zero attached hydrogens (tertiary/aromatic N) is 3. The quantitative estimate of drug-likeness (QED) is 0.765. The van der Waals surface area contributed by atoms with Crippen molar-refractivity contribution in [1.82, 2.24) is 15.2 Å². The minimum Gasteiger partial charge on any atom is -0.368 e. The maximum atomic E-state index is 5.47. The number of H-pyrrole nitrogens is 1. The topological polar surface area (TPSA) is 70.8 Å². The Kier molecular flexibility index (Phi) is 4.06. The summed E-state index contributed by atoms with van der Waals surface area (Å²) in [5.74, 6) is 2.11. The summed E-state index contributed by atoms with van der Waals surface area (Å²) in [7, 11) is 1.99. The lowest BCUT2D eigenvalue weighted by Crippen LogP contribution is -2.33. The van der Waals surface area contributed by atoms with Gasteiger partial charge in [0.1, 0.15) is 0 Å². The van der Waals surface area contributed by atoms with Crippen LogP contribution in [0, 0.1) is 0 Å². The fourth-order valence-electron chi connectivity index (χ4n) is 1.28. The smallest absolute Gasteiger partial charge is 0.246 e. The highest BCUT2D eigenvalue weighted by Gasteiger charge is 2.15. The van der Waals surface area contributed by atoms with Crippen molar-refractivity contribution in [3.05, 3.63) is 0 Å². The number of hydrogen-bond donors (Lipinski definition) is 2. The Morgan fingerprint density at radius 2 is 2.36 bits per heavy atom. The van der Waals surface area contributed by atoms with E-state index in [0.717, 1.165) is 12.2 Å². The number of anilines is 2. The van der Waals surface area contributed by atoms with Crippen LogP contribution < -0.4 is 10.6 Å². The molecule has 1 aromatic rings. The third kappa shape index (κ3) is 2.54. The van der Waals surface area contributed by atoms with Gasteiger partial charge in [-0.2, -0.15) is 16.7 Å². The third-order valence-electron chi connectivity index (χ3n) is 2.18. The Morgan fingerprint density at radius 1 is 1.64 bits per heavy atom. The van der Waals surface area contributed by atoms with E-state index in [1.54, 1.807) is 0 Å². The van der Waals surface area contributed by atoms with Gasteiger partial charge in [-0.05, 0) is 12.7 Å². The molecule has 1 atom stereocenters. The van der Waals surface area contributed by atoms with Crippen molar-refractivity contribution >= 4 is 23.7 Å². The van der Waals surface area contributed by atoms with E-state index in [4.69, 9.17) is 5.73 Å². The molecule has 0 aliphatic rings. The zero-order chi connectivity index (χ0) is 10.6. The van der Waals surface area contributed by atoms with E-state index in [2.05, 4.69) is 33.3 Å². The van der Waals surface area contributed by atoms with Gasteiger partial charge in [0, 0.05) is 18.8 Å². The van der Waals surface area contributed by atoms with E-state index in [9.17, 15) is 0 Å². The van der Waals surface area contributed by atoms with Crippen LogP contribution in [-0.4, -0.2) is 40.3 Å². The van der Waals surface area contributed by atoms with Crippen LogP contribution in [-0.2, 0) is 0 Å². The zero-order valence-electron chi connectivity index (χ0n) is 8.82. The second kappa shape index (κ2) is 5.09. The van der Waals surface area contributed by atoms with Crippen molar-refractivity contribution in [2.75, 3.05) is 29.7 Å². The van der Waals surface area contributed by atoms with Gasteiger partial charge in [0.2, 0.25) is 11.9 Å². The van der Waals surface area contributed by atoms with Gasteiger partial charge < -0.3 is 10.6 Å². The summed E-state index contributed by atoms with van der Waals surface area (Å²) in [6.07, 6.45) is 3.18. The normalized spacial score (nSPS) is 12.8. The summed E-state index contributed by atoms with van der Waals surface area (Å²) in [6.45, 7) is 2.16. The Bertz CT molecular complexity index is 274. The van der Waals surface area contributed by atoms with Crippen LogP contribution in [0.2, 0.25) is 0 Å². The first-order valence-electron chi connectivity index (χ1n) is 4.58. The highest BCUT2D eigenvalue weighted by Crippen LogP contribution is 2.14. The molecular formula is C8H17N5S. The highest BCUT2D eigenvalue weighted by atomic mass is 32.2. The van der Waals surface area contributed by atoms with Crippen LogP contribution in [0.4, 0.5) is 11.9 Å². The molecule has 1 unspecified atom stereocenters. The fourth-order valence-corrected chi connectivity index (χ4v) is 2.13. The first-order chi connectivity index (χ1) is 6.69. The van der Waals surface area contributed by atoms with Gasteiger partial charge in [-0.15, -0.1) is 5.10 Å². The van der Waals surface area contributed by atoms with Crippen molar-refractivity contribution in [3.63, 3.8) is 0 Å². The maximum absolute atomic E-state index is 5.47. The molecule has 5 nitrogen and oxygen atoms in total. The minimum absolute atomic E-state index is 0.367. The van der Waals surface area contributed by atoms with Gasteiger partial charge in [-0.3, -0.25) is 0 Å². The van der Waals surface area contributed by atoms with Crippen molar-refractivity contribution < 1.29 is 0 Å². The molecule has 1 rings (SSSR count). The lowest BCUT2D eigenvalue weighted by atomic mass is 10.2. The molecule has 0 aromatic carbocycles. The molecule has 0 saturated heterocycles. The average molecular weight is 215 g/mol. The molecule has 80 valence electrons. The van der Waals surface area contributed by atoms with Gasteiger partial charge in [0.05, 0.1) is 0 Å². The summed E-state index contributed by atoms with van der Waals surface area (Å²) < 4.78 is 0. The minimum atomic E-state index is 0.367. The van der Waals surface area contributed by atoms with Crippen LogP contribution in [0.25, 0.3) is 0 Å². The number of thioether (sulfide) groups is 1. The van der Waals surface area contributed by atoms with E-state index in [-0.39, 0.29) is 0 Å².